The predicted molar refractivity (Wildman–Crippen MR) is 93.7 cm³/mol. The van der Waals surface area contributed by atoms with Gasteiger partial charge in [-0.15, -0.1) is 0 Å². The summed E-state index contributed by atoms with van der Waals surface area (Å²) in [6.07, 6.45) is 8.07. The first-order chi connectivity index (χ1) is 11.7. The van der Waals surface area contributed by atoms with E-state index < -0.39 is 0 Å². The van der Waals surface area contributed by atoms with Gasteiger partial charge in [-0.1, -0.05) is 25.1 Å². The lowest BCUT2D eigenvalue weighted by Crippen LogP contribution is -2.66. The lowest BCUT2D eigenvalue weighted by atomic mass is 9.53. The van der Waals surface area contributed by atoms with E-state index in [0.29, 0.717) is 12.0 Å². The Morgan fingerprint density at radius 3 is 3.04 bits per heavy atom. The second kappa shape index (κ2) is 4.99. The van der Waals surface area contributed by atoms with Gasteiger partial charge in [-0.2, -0.15) is 0 Å². The van der Waals surface area contributed by atoms with Gasteiger partial charge in [0.1, 0.15) is 6.10 Å². The van der Waals surface area contributed by atoms with Crippen LogP contribution in [0.1, 0.15) is 30.9 Å². The van der Waals surface area contributed by atoms with E-state index in [1.807, 2.05) is 0 Å². The summed E-state index contributed by atoms with van der Waals surface area (Å²) < 4.78 is 12.1. The van der Waals surface area contributed by atoms with Crippen LogP contribution in [0.15, 0.2) is 24.3 Å². The fourth-order valence-corrected chi connectivity index (χ4v) is 5.91. The molecule has 24 heavy (non-hydrogen) atoms. The molecule has 4 aliphatic rings. The summed E-state index contributed by atoms with van der Waals surface area (Å²) in [5, 5.41) is 0. The maximum atomic E-state index is 6.49. The fraction of sp³-hybridized carbons (Fsp3) is 0.600. The highest BCUT2D eigenvalue weighted by Gasteiger charge is 2.64. The number of likely N-dealkylation sites (tertiary alicyclic amines) is 1. The third kappa shape index (κ3) is 1.61. The third-order valence-corrected chi connectivity index (χ3v) is 6.77. The van der Waals surface area contributed by atoms with Gasteiger partial charge in [0.2, 0.25) is 0 Å². The molecule has 1 aromatic carbocycles. The average molecular weight is 326 g/mol. The lowest BCUT2D eigenvalue weighted by molar-refractivity contribution is -0.0149. The van der Waals surface area contributed by atoms with Crippen LogP contribution in [-0.2, 0) is 11.8 Å². The number of ether oxygens (including phenoxy) is 2. The number of piperidine rings is 1. The topological polar surface area (TPSA) is 47.7 Å². The largest absolute Gasteiger partial charge is 0.493 e. The zero-order valence-electron chi connectivity index (χ0n) is 14.5. The van der Waals surface area contributed by atoms with Crippen molar-refractivity contribution in [2.45, 2.75) is 49.8 Å². The van der Waals surface area contributed by atoms with Crippen molar-refractivity contribution in [2.24, 2.45) is 11.7 Å². The standard InChI is InChI=1S/C20H26N2O2/c1-3-9-22-10-8-20-13-5-6-14(21)19(20)24-18-16(23-2)7-4-12(17(18)20)11-15(13)22/h4-7,13-15,19H,3,8-11,21H2,1-2H3/t13-,14+,15+,19-,20-/m0/s1. The molecule has 0 amide bonds. The van der Waals surface area contributed by atoms with Gasteiger partial charge in [0, 0.05) is 22.9 Å². The molecule has 5 atom stereocenters. The van der Waals surface area contributed by atoms with Crippen LogP contribution in [0, 0.1) is 5.92 Å². The van der Waals surface area contributed by atoms with Crippen LogP contribution in [0.25, 0.3) is 0 Å². The Morgan fingerprint density at radius 1 is 1.38 bits per heavy atom. The molecule has 2 bridgehead atoms. The van der Waals surface area contributed by atoms with Gasteiger partial charge in [-0.25, -0.2) is 0 Å². The minimum Gasteiger partial charge on any atom is -0.493 e. The van der Waals surface area contributed by atoms with Crippen molar-refractivity contribution in [1.29, 1.82) is 0 Å². The molecular weight excluding hydrogens is 300 g/mol. The summed E-state index contributed by atoms with van der Waals surface area (Å²) in [5.41, 5.74) is 9.38. The summed E-state index contributed by atoms with van der Waals surface area (Å²) in [6.45, 7) is 4.60. The molecule has 1 fully saturated rings. The molecule has 2 aliphatic carbocycles. The molecule has 2 aliphatic heterocycles. The molecule has 0 unspecified atom stereocenters. The van der Waals surface area contributed by atoms with Crippen molar-refractivity contribution in [3.05, 3.63) is 35.4 Å². The highest BCUT2D eigenvalue weighted by Crippen LogP contribution is 2.62. The summed E-state index contributed by atoms with van der Waals surface area (Å²) >= 11 is 0. The number of nitrogens with two attached hydrogens (primary N) is 1. The first-order valence-electron chi connectivity index (χ1n) is 9.25. The summed E-state index contributed by atoms with van der Waals surface area (Å²) in [7, 11) is 1.73. The van der Waals surface area contributed by atoms with Crippen molar-refractivity contribution in [3.8, 4) is 11.5 Å². The Balaban J connectivity index is 1.73. The van der Waals surface area contributed by atoms with Crippen LogP contribution in [0.5, 0.6) is 11.5 Å². The first-order valence-corrected chi connectivity index (χ1v) is 9.25. The molecule has 0 aromatic heterocycles. The van der Waals surface area contributed by atoms with Crippen molar-refractivity contribution in [3.63, 3.8) is 0 Å². The van der Waals surface area contributed by atoms with Crippen LogP contribution in [0.3, 0.4) is 0 Å². The van der Waals surface area contributed by atoms with Crippen molar-refractivity contribution in [1.82, 2.24) is 4.90 Å². The van der Waals surface area contributed by atoms with Gasteiger partial charge in [0.15, 0.2) is 11.5 Å². The smallest absolute Gasteiger partial charge is 0.165 e. The maximum absolute atomic E-state index is 6.49. The summed E-state index contributed by atoms with van der Waals surface area (Å²) in [5.74, 6) is 2.33. The highest BCUT2D eigenvalue weighted by molar-refractivity contribution is 5.62. The van der Waals surface area contributed by atoms with Gasteiger partial charge >= 0.3 is 0 Å². The molecule has 0 radical (unpaired) electrons. The van der Waals surface area contributed by atoms with E-state index in [-0.39, 0.29) is 17.6 Å². The number of benzene rings is 1. The Hall–Kier alpha value is -1.52. The van der Waals surface area contributed by atoms with Gasteiger partial charge in [0.05, 0.1) is 13.2 Å². The number of nitrogens with zero attached hydrogens (tertiary/aromatic N) is 1. The second-order valence-electron chi connectivity index (χ2n) is 7.76. The van der Waals surface area contributed by atoms with Crippen LogP contribution in [0.4, 0.5) is 0 Å². The fourth-order valence-electron chi connectivity index (χ4n) is 5.91. The van der Waals surface area contributed by atoms with E-state index in [2.05, 4.69) is 36.1 Å². The van der Waals surface area contributed by atoms with Gasteiger partial charge in [0.25, 0.3) is 0 Å². The lowest BCUT2D eigenvalue weighted by Gasteiger charge is -2.57. The zero-order valence-corrected chi connectivity index (χ0v) is 14.5. The van der Waals surface area contributed by atoms with Crippen LogP contribution in [0.2, 0.25) is 0 Å². The van der Waals surface area contributed by atoms with E-state index in [4.69, 9.17) is 15.2 Å². The normalized spacial score (nSPS) is 38.6. The molecule has 5 rings (SSSR count). The third-order valence-electron chi connectivity index (χ3n) is 6.77. The summed E-state index contributed by atoms with van der Waals surface area (Å²) in [4.78, 5) is 2.69. The Bertz CT molecular complexity index is 716. The summed E-state index contributed by atoms with van der Waals surface area (Å²) in [6, 6.07) is 4.86. The molecule has 2 heterocycles. The molecule has 0 saturated carbocycles. The first kappa shape index (κ1) is 14.8. The number of methoxy groups -OCH3 is 1. The van der Waals surface area contributed by atoms with Crippen molar-refractivity contribution < 1.29 is 9.47 Å². The van der Waals surface area contributed by atoms with E-state index in [0.717, 1.165) is 30.9 Å². The van der Waals surface area contributed by atoms with Crippen LogP contribution < -0.4 is 15.2 Å². The van der Waals surface area contributed by atoms with Gasteiger partial charge < -0.3 is 15.2 Å². The minimum atomic E-state index is -0.0392. The Kier molecular flexibility index (Phi) is 3.08. The van der Waals surface area contributed by atoms with Crippen molar-refractivity contribution >= 4 is 0 Å². The molecule has 1 aromatic rings. The molecule has 128 valence electrons. The molecule has 2 N–H and O–H groups in total. The average Bonchev–Trinajstić information content (AvgIpc) is 2.94. The van der Waals surface area contributed by atoms with E-state index in [9.17, 15) is 0 Å². The van der Waals surface area contributed by atoms with E-state index in [1.54, 1.807) is 7.11 Å². The maximum Gasteiger partial charge on any atom is 0.165 e. The molecular formula is C20H26N2O2. The zero-order chi connectivity index (χ0) is 16.5. The van der Waals surface area contributed by atoms with E-state index >= 15 is 0 Å². The SMILES string of the molecule is CCCN1CC[C@]23c4c5ccc(OC)c4O[C@H]2[C@H](N)C=C[C@H]3[C@H]1C5. The van der Waals surface area contributed by atoms with Crippen LogP contribution in [-0.4, -0.2) is 43.3 Å². The molecule has 4 heteroatoms. The Morgan fingerprint density at radius 2 is 2.25 bits per heavy atom. The molecule has 1 spiro atoms. The highest BCUT2D eigenvalue weighted by atomic mass is 16.5. The van der Waals surface area contributed by atoms with Gasteiger partial charge in [-0.3, -0.25) is 4.90 Å². The monoisotopic (exact) mass is 326 g/mol. The van der Waals surface area contributed by atoms with Crippen molar-refractivity contribution in [2.75, 3.05) is 20.2 Å². The molecule has 1 saturated heterocycles. The number of hydrogen-bond acceptors (Lipinski definition) is 4. The quantitative estimate of drug-likeness (QED) is 0.866. The predicted octanol–water partition coefficient (Wildman–Crippen LogP) is 2.25. The minimum absolute atomic E-state index is 0.0392. The number of hydrogen-bond donors (Lipinski definition) is 1. The Labute approximate surface area is 143 Å². The number of rotatable bonds is 3. The molecule has 4 nitrogen and oxygen atoms in total. The van der Waals surface area contributed by atoms with E-state index in [1.165, 1.54) is 24.1 Å². The van der Waals surface area contributed by atoms with Gasteiger partial charge in [-0.05, 0) is 44.0 Å². The van der Waals surface area contributed by atoms with Crippen LogP contribution >= 0.6 is 0 Å². The second-order valence-corrected chi connectivity index (χ2v) is 7.76.